The van der Waals surface area contributed by atoms with E-state index in [1.54, 1.807) is 0 Å². The topological polar surface area (TPSA) is 39.1 Å². The van der Waals surface area contributed by atoms with Gasteiger partial charge >= 0.3 is 0 Å². The fraction of sp³-hybridized carbons (Fsp3) is 0.438. The zero-order valence-electron chi connectivity index (χ0n) is 12.0. The molecule has 1 heterocycles. The van der Waals surface area contributed by atoms with E-state index in [-0.39, 0.29) is 6.10 Å². The van der Waals surface area contributed by atoms with Crippen molar-refractivity contribution in [2.75, 3.05) is 5.32 Å². The summed E-state index contributed by atoms with van der Waals surface area (Å²) in [5.41, 5.74) is 2.35. The molecule has 1 aromatic carbocycles. The van der Waals surface area contributed by atoms with Gasteiger partial charge in [0.2, 0.25) is 0 Å². The summed E-state index contributed by atoms with van der Waals surface area (Å²) in [6, 6.07) is 8.78. The van der Waals surface area contributed by atoms with Crippen LogP contribution in [-0.4, -0.2) is 15.7 Å². The first-order chi connectivity index (χ1) is 9.72. The fourth-order valence-electron chi connectivity index (χ4n) is 2.27. The van der Waals surface area contributed by atoms with Crippen LogP contribution in [0.3, 0.4) is 0 Å². The molecule has 4 nitrogen and oxygen atoms in total. The van der Waals surface area contributed by atoms with Crippen molar-refractivity contribution in [3.8, 4) is 5.75 Å². The molecule has 0 atom stereocenters. The zero-order chi connectivity index (χ0) is 13.9. The van der Waals surface area contributed by atoms with Crippen molar-refractivity contribution in [3.05, 3.63) is 42.5 Å². The predicted octanol–water partition coefficient (Wildman–Crippen LogP) is 3.62. The van der Waals surface area contributed by atoms with Gasteiger partial charge in [0.1, 0.15) is 5.75 Å². The Bertz CT molecular complexity index is 555. The summed E-state index contributed by atoms with van der Waals surface area (Å²) in [6.45, 7) is 4.87. The van der Waals surface area contributed by atoms with Crippen LogP contribution in [-0.2, 0) is 6.54 Å². The molecule has 1 aliphatic carbocycles. The maximum atomic E-state index is 5.64. The highest BCUT2D eigenvalue weighted by molar-refractivity contribution is 5.46. The Balaban J connectivity index is 1.59. The summed E-state index contributed by atoms with van der Waals surface area (Å²) in [5, 5.41) is 3.43. The summed E-state index contributed by atoms with van der Waals surface area (Å²) >= 11 is 0. The lowest BCUT2D eigenvalue weighted by Gasteiger charge is -2.12. The van der Waals surface area contributed by atoms with Crippen molar-refractivity contribution in [1.29, 1.82) is 0 Å². The average Bonchev–Trinajstić information content (AvgIpc) is 3.16. The van der Waals surface area contributed by atoms with Crippen LogP contribution in [0, 0.1) is 0 Å². The van der Waals surface area contributed by atoms with E-state index in [2.05, 4.69) is 27.0 Å². The minimum Gasteiger partial charge on any atom is -0.491 e. The number of aromatic nitrogens is 2. The molecule has 2 aromatic rings. The number of hydrogen-bond donors (Lipinski definition) is 1. The number of nitrogens with zero attached hydrogens (tertiary/aromatic N) is 2. The van der Waals surface area contributed by atoms with Gasteiger partial charge in [0.15, 0.2) is 0 Å². The standard InChI is InChI=1S/C16H21N3O/c1-12(2)20-16-7-3-13(4-8-16)18-10-15-9-17-11-19(15)14-5-6-14/h3-4,7-9,11-12,14,18H,5-6,10H2,1-2H3. The molecular weight excluding hydrogens is 250 g/mol. The quantitative estimate of drug-likeness (QED) is 0.872. The van der Waals surface area contributed by atoms with E-state index in [1.807, 2.05) is 38.5 Å². The number of anilines is 1. The van der Waals surface area contributed by atoms with Crippen molar-refractivity contribution >= 4 is 5.69 Å². The molecule has 3 rings (SSSR count). The second kappa shape index (κ2) is 5.57. The van der Waals surface area contributed by atoms with Crippen LogP contribution in [0.15, 0.2) is 36.8 Å². The Morgan fingerprint density at radius 2 is 2.05 bits per heavy atom. The van der Waals surface area contributed by atoms with E-state index < -0.39 is 0 Å². The Hall–Kier alpha value is -1.97. The fourth-order valence-corrected chi connectivity index (χ4v) is 2.27. The molecule has 0 unspecified atom stereocenters. The van der Waals surface area contributed by atoms with Gasteiger partial charge in [0.25, 0.3) is 0 Å². The van der Waals surface area contributed by atoms with E-state index in [0.717, 1.165) is 18.0 Å². The molecule has 1 aliphatic rings. The first kappa shape index (κ1) is 13.0. The maximum absolute atomic E-state index is 5.64. The van der Waals surface area contributed by atoms with Crippen LogP contribution in [0.5, 0.6) is 5.75 Å². The van der Waals surface area contributed by atoms with Gasteiger partial charge in [-0.05, 0) is 51.0 Å². The second-order valence-electron chi connectivity index (χ2n) is 5.57. The third-order valence-corrected chi connectivity index (χ3v) is 3.39. The van der Waals surface area contributed by atoms with Crippen LogP contribution < -0.4 is 10.1 Å². The molecule has 0 amide bonds. The average molecular weight is 271 g/mol. The molecular formula is C16H21N3O. The molecule has 0 saturated heterocycles. The van der Waals surface area contributed by atoms with E-state index in [4.69, 9.17) is 4.74 Å². The van der Waals surface area contributed by atoms with Crippen LogP contribution in [0.2, 0.25) is 0 Å². The SMILES string of the molecule is CC(C)Oc1ccc(NCc2cncn2C2CC2)cc1. The number of ether oxygens (including phenoxy) is 1. The number of benzene rings is 1. The molecule has 0 aliphatic heterocycles. The van der Waals surface area contributed by atoms with Gasteiger partial charge in [-0.2, -0.15) is 0 Å². The first-order valence-electron chi connectivity index (χ1n) is 7.23. The number of hydrogen-bond acceptors (Lipinski definition) is 3. The number of rotatable bonds is 6. The van der Waals surface area contributed by atoms with Crippen molar-refractivity contribution in [2.24, 2.45) is 0 Å². The number of nitrogens with one attached hydrogen (secondary N) is 1. The summed E-state index contributed by atoms with van der Waals surface area (Å²) < 4.78 is 7.92. The Kier molecular flexibility index (Phi) is 3.63. The van der Waals surface area contributed by atoms with Gasteiger partial charge in [0, 0.05) is 17.9 Å². The Morgan fingerprint density at radius 1 is 1.30 bits per heavy atom. The highest BCUT2D eigenvalue weighted by atomic mass is 16.5. The van der Waals surface area contributed by atoms with Crippen molar-refractivity contribution in [1.82, 2.24) is 9.55 Å². The van der Waals surface area contributed by atoms with Gasteiger partial charge < -0.3 is 14.6 Å². The molecule has 4 heteroatoms. The molecule has 1 N–H and O–H groups in total. The zero-order valence-corrected chi connectivity index (χ0v) is 12.0. The summed E-state index contributed by atoms with van der Waals surface area (Å²) in [6.07, 6.45) is 6.66. The Morgan fingerprint density at radius 3 is 2.70 bits per heavy atom. The second-order valence-corrected chi connectivity index (χ2v) is 5.57. The third kappa shape index (κ3) is 3.13. The van der Waals surface area contributed by atoms with Crippen molar-refractivity contribution in [3.63, 3.8) is 0 Å². The van der Waals surface area contributed by atoms with Crippen LogP contribution >= 0.6 is 0 Å². The summed E-state index contributed by atoms with van der Waals surface area (Å²) in [4.78, 5) is 4.25. The van der Waals surface area contributed by atoms with Gasteiger partial charge in [-0.3, -0.25) is 0 Å². The largest absolute Gasteiger partial charge is 0.491 e. The smallest absolute Gasteiger partial charge is 0.119 e. The molecule has 0 radical (unpaired) electrons. The van der Waals surface area contributed by atoms with Crippen molar-refractivity contribution in [2.45, 2.75) is 45.4 Å². The maximum Gasteiger partial charge on any atom is 0.119 e. The van der Waals surface area contributed by atoms with Gasteiger partial charge in [-0.25, -0.2) is 4.98 Å². The van der Waals surface area contributed by atoms with E-state index >= 15 is 0 Å². The summed E-state index contributed by atoms with van der Waals surface area (Å²) in [7, 11) is 0. The summed E-state index contributed by atoms with van der Waals surface area (Å²) in [5.74, 6) is 0.911. The first-order valence-corrected chi connectivity index (χ1v) is 7.23. The lowest BCUT2D eigenvalue weighted by Crippen LogP contribution is -2.07. The lowest BCUT2D eigenvalue weighted by atomic mass is 10.3. The monoisotopic (exact) mass is 271 g/mol. The van der Waals surface area contributed by atoms with Gasteiger partial charge in [-0.1, -0.05) is 0 Å². The van der Waals surface area contributed by atoms with E-state index in [1.165, 1.54) is 18.5 Å². The van der Waals surface area contributed by atoms with Crippen molar-refractivity contribution < 1.29 is 4.74 Å². The minimum absolute atomic E-state index is 0.210. The molecule has 1 fully saturated rings. The molecule has 106 valence electrons. The lowest BCUT2D eigenvalue weighted by molar-refractivity contribution is 0.242. The normalized spacial score (nSPS) is 14.6. The van der Waals surface area contributed by atoms with E-state index in [0.29, 0.717) is 6.04 Å². The highest BCUT2D eigenvalue weighted by Crippen LogP contribution is 2.35. The molecule has 20 heavy (non-hydrogen) atoms. The van der Waals surface area contributed by atoms with E-state index in [9.17, 15) is 0 Å². The molecule has 0 spiro atoms. The molecule has 0 bridgehead atoms. The molecule has 1 aromatic heterocycles. The van der Waals surface area contributed by atoms with Crippen LogP contribution in [0.4, 0.5) is 5.69 Å². The van der Waals surface area contributed by atoms with Crippen LogP contribution in [0.1, 0.15) is 38.4 Å². The van der Waals surface area contributed by atoms with Gasteiger partial charge in [-0.15, -0.1) is 0 Å². The predicted molar refractivity (Wildman–Crippen MR) is 80.0 cm³/mol. The third-order valence-electron chi connectivity index (χ3n) is 3.39. The highest BCUT2D eigenvalue weighted by Gasteiger charge is 2.24. The molecule has 1 saturated carbocycles. The Labute approximate surface area is 119 Å². The van der Waals surface area contributed by atoms with Gasteiger partial charge in [0.05, 0.1) is 24.7 Å². The minimum atomic E-state index is 0.210. The van der Waals surface area contributed by atoms with Crippen LogP contribution in [0.25, 0.3) is 0 Å². The number of imidazole rings is 1.